The number of hydrogen-bond acceptors (Lipinski definition) is 4. The van der Waals surface area contributed by atoms with Crippen LogP contribution in [-0.2, 0) is 4.79 Å². The molecule has 6 heteroatoms. The van der Waals surface area contributed by atoms with Crippen LogP contribution in [0.15, 0.2) is 54.6 Å². The smallest absolute Gasteiger partial charge is 0.251 e. The van der Waals surface area contributed by atoms with Crippen LogP contribution in [-0.4, -0.2) is 36.6 Å². The predicted molar refractivity (Wildman–Crippen MR) is 104 cm³/mol. The number of methoxy groups -OCH3 is 1. The highest BCUT2D eigenvalue weighted by Gasteiger charge is 2.69. The highest BCUT2D eigenvalue weighted by Crippen LogP contribution is 2.60. The fourth-order valence-corrected chi connectivity index (χ4v) is 4.25. The minimum Gasteiger partial charge on any atom is -0.497 e. The summed E-state index contributed by atoms with van der Waals surface area (Å²) in [6, 6.07) is 16.5. The summed E-state index contributed by atoms with van der Waals surface area (Å²) in [5.74, 6) is 1.39. The van der Waals surface area contributed by atoms with Gasteiger partial charge in [0.2, 0.25) is 5.91 Å². The van der Waals surface area contributed by atoms with E-state index in [4.69, 9.17) is 9.47 Å². The van der Waals surface area contributed by atoms with Crippen molar-refractivity contribution in [1.82, 2.24) is 10.6 Å². The Morgan fingerprint density at radius 1 is 0.893 bits per heavy atom. The number of ether oxygens (including phenoxy) is 2. The molecule has 6 nitrogen and oxygen atoms in total. The summed E-state index contributed by atoms with van der Waals surface area (Å²) in [5.41, 5.74) is 0.281. The summed E-state index contributed by atoms with van der Waals surface area (Å²) in [5, 5.41) is 6.23. The first kappa shape index (κ1) is 18.3. The van der Waals surface area contributed by atoms with Gasteiger partial charge in [0.15, 0.2) is 0 Å². The van der Waals surface area contributed by atoms with E-state index >= 15 is 0 Å². The second-order valence-corrected chi connectivity index (χ2v) is 7.73. The van der Waals surface area contributed by atoms with Crippen LogP contribution < -0.4 is 20.1 Å². The number of carbonyl (C=O) groups excluding carboxylic acids is 2. The molecule has 2 aromatic carbocycles. The highest BCUT2D eigenvalue weighted by atomic mass is 16.5. The maximum atomic E-state index is 12.4. The number of benzene rings is 2. The van der Waals surface area contributed by atoms with Gasteiger partial charge in [-0.2, -0.15) is 0 Å². The SMILES string of the molecule is COc1ccc(C(=O)NC23CC(NC(=O)CCOc4ccccc4)(C2)C3)cc1. The normalized spacial score (nSPS) is 24.3. The molecule has 0 atom stereocenters. The molecule has 0 spiro atoms. The zero-order chi connectivity index (χ0) is 19.6. The Bertz CT molecular complexity index is 844. The molecule has 3 aliphatic carbocycles. The number of nitrogens with one attached hydrogen (secondary N) is 2. The van der Waals surface area contributed by atoms with E-state index in [1.165, 1.54) is 0 Å². The molecule has 0 unspecified atom stereocenters. The summed E-state index contributed by atoms with van der Waals surface area (Å²) in [7, 11) is 1.60. The third-order valence-corrected chi connectivity index (χ3v) is 5.51. The van der Waals surface area contributed by atoms with Gasteiger partial charge in [-0.1, -0.05) is 18.2 Å². The summed E-state index contributed by atoms with van der Waals surface area (Å²) in [6.45, 7) is 0.352. The molecule has 28 heavy (non-hydrogen) atoms. The van der Waals surface area contributed by atoms with Crippen LogP contribution in [0.2, 0.25) is 0 Å². The van der Waals surface area contributed by atoms with Gasteiger partial charge in [0.25, 0.3) is 5.91 Å². The van der Waals surface area contributed by atoms with Gasteiger partial charge in [0.05, 0.1) is 20.1 Å². The first-order valence-corrected chi connectivity index (χ1v) is 9.47. The molecule has 2 N–H and O–H groups in total. The van der Waals surface area contributed by atoms with E-state index in [0.29, 0.717) is 18.6 Å². The molecule has 5 rings (SSSR count). The van der Waals surface area contributed by atoms with E-state index in [1.54, 1.807) is 31.4 Å². The summed E-state index contributed by atoms with van der Waals surface area (Å²) < 4.78 is 10.7. The number of carbonyl (C=O) groups is 2. The van der Waals surface area contributed by atoms with E-state index < -0.39 is 0 Å². The van der Waals surface area contributed by atoms with Crippen molar-refractivity contribution < 1.29 is 19.1 Å². The minimum absolute atomic E-state index is 0.00860. The second kappa shape index (κ2) is 7.19. The zero-order valence-corrected chi connectivity index (χ0v) is 15.9. The Hall–Kier alpha value is -3.02. The summed E-state index contributed by atoms with van der Waals surface area (Å²) >= 11 is 0. The van der Waals surface area contributed by atoms with Crippen molar-refractivity contribution in [3.8, 4) is 11.5 Å². The third-order valence-electron chi connectivity index (χ3n) is 5.51. The molecular weight excluding hydrogens is 356 g/mol. The maximum absolute atomic E-state index is 12.4. The Morgan fingerprint density at radius 3 is 2.18 bits per heavy atom. The Kier molecular flexibility index (Phi) is 4.71. The Balaban J connectivity index is 1.19. The highest BCUT2D eigenvalue weighted by molar-refractivity contribution is 5.95. The topological polar surface area (TPSA) is 76.7 Å². The van der Waals surface area contributed by atoms with Gasteiger partial charge in [-0.25, -0.2) is 0 Å². The number of hydrogen-bond donors (Lipinski definition) is 2. The van der Waals surface area contributed by atoms with Crippen molar-refractivity contribution in [2.24, 2.45) is 0 Å². The Labute approximate surface area is 164 Å². The standard InChI is InChI=1S/C22H24N2O4/c1-27-17-9-7-16(8-10-17)20(26)24-22-13-21(14-22,15-22)23-19(25)11-12-28-18-5-3-2-4-6-18/h2-10H,11-15H2,1H3,(H,23,25)(H,24,26). The number of amides is 2. The van der Waals surface area contributed by atoms with Gasteiger partial charge in [0.1, 0.15) is 11.5 Å². The van der Waals surface area contributed by atoms with Crippen LogP contribution in [0.3, 0.4) is 0 Å². The van der Waals surface area contributed by atoms with Crippen molar-refractivity contribution in [1.29, 1.82) is 0 Å². The molecule has 2 aromatic rings. The number of rotatable bonds is 8. The largest absolute Gasteiger partial charge is 0.497 e. The van der Waals surface area contributed by atoms with Crippen LogP contribution >= 0.6 is 0 Å². The van der Waals surface area contributed by atoms with E-state index in [9.17, 15) is 9.59 Å². The maximum Gasteiger partial charge on any atom is 0.251 e. The van der Waals surface area contributed by atoms with Gasteiger partial charge in [-0.3, -0.25) is 9.59 Å². The van der Waals surface area contributed by atoms with E-state index in [2.05, 4.69) is 10.6 Å². The molecular formula is C22H24N2O4. The first-order chi connectivity index (χ1) is 13.5. The fourth-order valence-electron chi connectivity index (χ4n) is 4.25. The molecule has 0 saturated heterocycles. The van der Waals surface area contributed by atoms with Crippen LogP contribution in [0.1, 0.15) is 36.0 Å². The zero-order valence-electron chi connectivity index (χ0n) is 15.9. The monoisotopic (exact) mass is 380 g/mol. The summed E-state index contributed by atoms with van der Waals surface area (Å²) in [6.07, 6.45) is 2.68. The minimum atomic E-state index is -0.176. The lowest BCUT2D eigenvalue weighted by molar-refractivity contribution is -0.139. The van der Waals surface area contributed by atoms with Crippen LogP contribution in [0.25, 0.3) is 0 Å². The number of para-hydroxylation sites is 1. The van der Waals surface area contributed by atoms with Gasteiger partial charge in [-0.05, 0) is 55.7 Å². The van der Waals surface area contributed by atoms with Crippen molar-refractivity contribution >= 4 is 11.8 Å². The van der Waals surface area contributed by atoms with Gasteiger partial charge >= 0.3 is 0 Å². The Morgan fingerprint density at radius 2 is 1.54 bits per heavy atom. The van der Waals surface area contributed by atoms with Gasteiger partial charge in [-0.15, -0.1) is 0 Å². The van der Waals surface area contributed by atoms with Crippen molar-refractivity contribution in [2.45, 2.75) is 36.8 Å². The van der Waals surface area contributed by atoms with E-state index in [1.807, 2.05) is 30.3 Å². The van der Waals surface area contributed by atoms with E-state index in [-0.39, 0.29) is 22.9 Å². The van der Waals surface area contributed by atoms with Gasteiger partial charge in [0, 0.05) is 16.6 Å². The lowest BCUT2D eigenvalue weighted by Gasteiger charge is -2.70. The average molecular weight is 380 g/mol. The molecule has 3 fully saturated rings. The molecule has 2 amide bonds. The lowest BCUT2D eigenvalue weighted by atomic mass is 9.44. The first-order valence-electron chi connectivity index (χ1n) is 9.47. The third kappa shape index (κ3) is 3.67. The van der Waals surface area contributed by atoms with Crippen molar-refractivity contribution in [2.75, 3.05) is 13.7 Å². The molecule has 0 aromatic heterocycles. The van der Waals surface area contributed by atoms with Crippen LogP contribution in [0, 0.1) is 0 Å². The molecule has 3 aliphatic rings. The van der Waals surface area contributed by atoms with Crippen LogP contribution in [0.4, 0.5) is 0 Å². The van der Waals surface area contributed by atoms with Crippen LogP contribution in [0.5, 0.6) is 11.5 Å². The molecule has 0 aliphatic heterocycles. The fraction of sp³-hybridized carbons (Fsp3) is 0.364. The van der Waals surface area contributed by atoms with Crippen molar-refractivity contribution in [3.63, 3.8) is 0 Å². The second-order valence-electron chi connectivity index (χ2n) is 7.73. The molecule has 146 valence electrons. The predicted octanol–water partition coefficient (Wildman–Crippen LogP) is 2.69. The van der Waals surface area contributed by atoms with Gasteiger partial charge < -0.3 is 20.1 Å². The van der Waals surface area contributed by atoms with E-state index in [0.717, 1.165) is 30.8 Å². The molecule has 0 radical (unpaired) electrons. The quantitative estimate of drug-likeness (QED) is 0.738. The average Bonchev–Trinajstić information content (AvgIpc) is 2.66. The summed E-state index contributed by atoms with van der Waals surface area (Å²) in [4.78, 5) is 24.6. The lowest BCUT2D eigenvalue weighted by Crippen LogP contribution is -2.83. The van der Waals surface area contributed by atoms with Crippen molar-refractivity contribution in [3.05, 3.63) is 60.2 Å². The molecule has 2 bridgehead atoms. The molecule has 0 heterocycles. The molecule has 3 saturated carbocycles.